The van der Waals surface area contributed by atoms with Gasteiger partial charge in [0.15, 0.2) is 0 Å². The first-order chi connectivity index (χ1) is 10.1. The Hall–Kier alpha value is -1.69. The van der Waals surface area contributed by atoms with Crippen molar-refractivity contribution in [1.29, 1.82) is 0 Å². The molecule has 112 valence electrons. The molecule has 6 heteroatoms. The number of hydrogen-bond donors (Lipinski definition) is 2. The van der Waals surface area contributed by atoms with Gasteiger partial charge in [-0.2, -0.15) is 0 Å². The van der Waals surface area contributed by atoms with E-state index in [1.54, 1.807) is 0 Å². The molecule has 0 atom stereocenters. The van der Waals surface area contributed by atoms with Gasteiger partial charge in [0, 0.05) is 6.54 Å². The molecule has 0 radical (unpaired) electrons. The Bertz CT molecular complexity index is 692. The van der Waals surface area contributed by atoms with Gasteiger partial charge >= 0.3 is 5.97 Å². The van der Waals surface area contributed by atoms with Gasteiger partial charge in [-0.1, -0.05) is 13.3 Å². The minimum Gasteiger partial charge on any atom is -0.477 e. The Labute approximate surface area is 127 Å². The highest BCUT2D eigenvalue weighted by Gasteiger charge is 2.41. The number of aromatic carboxylic acids is 1. The normalized spacial score (nSPS) is 16.1. The minimum atomic E-state index is -0.897. The number of anilines is 1. The summed E-state index contributed by atoms with van der Waals surface area (Å²) < 4.78 is 0. The maximum atomic E-state index is 11.3. The molecule has 0 aliphatic heterocycles. The third-order valence-corrected chi connectivity index (χ3v) is 5.48. The highest BCUT2D eigenvalue weighted by Crippen LogP contribution is 2.49. The van der Waals surface area contributed by atoms with Crippen LogP contribution in [-0.4, -0.2) is 27.6 Å². The molecule has 2 aromatic rings. The molecule has 0 unspecified atom stereocenters. The molecule has 2 N–H and O–H groups in total. The van der Waals surface area contributed by atoms with E-state index >= 15 is 0 Å². The summed E-state index contributed by atoms with van der Waals surface area (Å²) in [5.74, 6) is -0.130. The van der Waals surface area contributed by atoms with Crippen molar-refractivity contribution in [3.63, 3.8) is 0 Å². The number of nitrogens with one attached hydrogen (secondary N) is 1. The van der Waals surface area contributed by atoms with Crippen LogP contribution in [0.15, 0.2) is 6.33 Å². The highest BCUT2D eigenvalue weighted by molar-refractivity contribution is 7.20. The van der Waals surface area contributed by atoms with Crippen molar-refractivity contribution in [2.45, 2.75) is 39.5 Å². The number of carboxylic acid groups (broad SMARTS) is 1. The third-order valence-electron chi connectivity index (χ3n) is 4.29. The molecule has 5 nitrogen and oxygen atoms in total. The van der Waals surface area contributed by atoms with Crippen LogP contribution in [0.2, 0.25) is 0 Å². The topological polar surface area (TPSA) is 75.1 Å². The van der Waals surface area contributed by atoms with E-state index in [1.807, 2.05) is 6.92 Å². The number of carbonyl (C=O) groups is 1. The fourth-order valence-corrected chi connectivity index (χ4v) is 3.89. The summed E-state index contributed by atoms with van der Waals surface area (Å²) in [6.07, 6.45) is 6.47. The molecule has 2 aromatic heterocycles. The molecule has 1 aliphatic rings. The standard InChI is InChI=1S/C15H19N3O2S/c1-3-4-15(5-6-15)7-16-12-10-9(2)11(14(19)20)21-13(10)18-8-17-12/h8H,3-7H2,1-2H3,(H,19,20)(H,16,17,18). The molecule has 0 spiro atoms. The van der Waals surface area contributed by atoms with Crippen LogP contribution in [0.5, 0.6) is 0 Å². The quantitative estimate of drug-likeness (QED) is 0.851. The van der Waals surface area contributed by atoms with Crippen LogP contribution < -0.4 is 5.32 Å². The van der Waals surface area contributed by atoms with Crippen LogP contribution in [0.3, 0.4) is 0 Å². The summed E-state index contributed by atoms with van der Waals surface area (Å²) >= 11 is 1.21. The Morgan fingerprint density at radius 1 is 1.48 bits per heavy atom. The third kappa shape index (κ3) is 2.60. The van der Waals surface area contributed by atoms with Crippen molar-refractivity contribution in [3.8, 4) is 0 Å². The van der Waals surface area contributed by atoms with Gasteiger partial charge in [-0.3, -0.25) is 0 Å². The lowest BCUT2D eigenvalue weighted by atomic mass is 10.0. The number of thiophene rings is 1. The van der Waals surface area contributed by atoms with Crippen LogP contribution in [0.1, 0.15) is 47.8 Å². The van der Waals surface area contributed by atoms with Gasteiger partial charge in [0.1, 0.15) is 21.9 Å². The van der Waals surface area contributed by atoms with Crippen molar-refractivity contribution in [2.75, 3.05) is 11.9 Å². The zero-order valence-electron chi connectivity index (χ0n) is 12.3. The van der Waals surface area contributed by atoms with Crippen LogP contribution in [0, 0.1) is 12.3 Å². The summed E-state index contributed by atoms with van der Waals surface area (Å²) in [6.45, 7) is 4.95. The van der Waals surface area contributed by atoms with Gasteiger partial charge in [0.2, 0.25) is 0 Å². The van der Waals surface area contributed by atoms with Gasteiger partial charge in [0.05, 0.1) is 5.39 Å². The first kappa shape index (κ1) is 14.3. The lowest BCUT2D eigenvalue weighted by Gasteiger charge is -2.15. The number of hydrogen-bond acceptors (Lipinski definition) is 5. The van der Waals surface area contributed by atoms with E-state index in [0.717, 1.165) is 28.1 Å². The van der Waals surface area contributed by atoms with E-state index in [1.165, 1.54) is 43.3 Å². The Balaban J connectivity index is 1.90. The summed E-state index contributed by atoms with van der Waals surface area (Å²) in [5, 5.41) is 13.5. The highest BCUT2D eigenvalue weighted by atomic mass is 32.1. The first-order valence-corrected chi connectivity index (χ1v) is 8.09. The van der Waals surface area contributed by atoms with E-state index in [4.69, 9.17) is 0 Å². The second-order valence-corrected chi connectivity index (χ2v) is 6.87. The SMILES string of the molecule is CCCC1(CNc2ncnc3sc(C(=O)O)c(C)c23)CC1. The number of aromatic nitrogens is 2. The van der Waals surface area contributed by atoms with Crippen molar-refractivity contribution in [3.05, 3.63) is 16.8 Å². The van der Waals surface area contributed by atoms with E-state index in [2.05, 4.69) is 22.2 Å². The van der Waals surface area contributed by atoms with Crippen LogP contribution in [0.4, 0.5) is 5.82 Å². The van der Waals surface area contributed by atoms with Gasteiger partial charge in [0.25, 0.3) is 0 Å². The lowest BCUT2D eigenvalue weighted by molar-refractivity contribution is 0.0701. The van der Waals surface area contributed by atoms with Crippen LogP contribution in [0.25, 0.3) is 10.2 Å². The van der Waals surface area contributed by atoms with Gasteiger partial charge in [-0.15, -0.1) is 11.3 Å². The van der Waals surface area contributed by atoms with E-state index in [-0.39, 0.29) is 0 Å². The predicted molar refractivity (Wildman–Crippen MR) is 84.2 cm³/mol. The fraction of sp³-hybridized carbons (Fsp3) is 0.533. The summed E-state index contributed by atoms with van der Waals surface area (Å²) in [6, 6.07) is 0. The number of rotatable bonds is 6. The molecule has 1 fully saturated rings. The van der Waals surface area contributed by atoms with Gasteiger partial charge in [-0.05, 0) is 37.2 Å². The zero-order valence-corrected chi connectivity index (χ0v) is 13.1. The average Bonchev–Trinajstić information content (AvgIpc) is 3.13. The molecule has 21 heavy (non-hydrogen) atoms. The smallest absolute Gasteiger partial charge is 0.346 e. The molecular weight excluding hydrogens is 286 g/mol. The maximum Gasteiger partial charge on any atom is 0.346 e. The average molecular weight is 305 g/mol. The Kier molecular flexibility index (Phi) is 3.57. The van der Waals surface area contributed by atoms with Gasteiger partial charge in [-0.25, -0.2) is 14.8 Å². The zero-order chi connectivity index (χ0) is 15.0. The molecule has 0 amide bonds. The second kappa shape index (κ2) is 5.26. The predicted octanol–water partition coefficient (Wildman–Crippen LogP) is 3.69. The van der Waals surface area contributed by atoms with Crippen LogP contribution in [-0.2, 0) is 0 Å². The monoisotopic (exact) mass is 305 g/mol. The van der Waals surface area contributed by atoms with Crippen molar-refractivity contribution < 1.29 is 9.90 Å². The molecule has 0 saturated heterocycles. The number of nitrogens with zero attached hydrogens (tertiary/aromatic N) is 2. The molecule has 3 rings (SSSR count). The summed E-state index contributed by atoms with van der Waals surface area (Å²) in [4.78, 5) is 20.9. The lowest BCUT2D eigenvalue weighted by Crippen LogP contribution is -2.16. The molecule has 0 aromatic carbocycles. The largest absolute Gasteiger partial charge is 0.477 e. The van der Waals surface area contributed by atoms with Crippen LogP contribution >= 0.6 is 11.3 Å². The molecule has 2 heterocycles. The maximum absolute atomic E-state index is 11.3. The summed E-state index contributed by atoms with van der Waals surface area (Å²) in [7, 11) is 0. The Morgan fingerprint density at radius 2 is 2.24 bits per heavy atom. The van der Waals surface area contributed by atoms with Crippen molar-refractivity contribution in [1.82, 2.24) is 9.97 Å². The number of aryl methyl sites for hydroxylation is 1. The van der Waals surface area contributed by atoms with Crippen molar-refractivity contribution in [2.24, 2.45) is 5.41 Å². The van der Waals surface area contributed by atoms with Gasteiger partial charge < -0.3 is 10.4 Å². The molecule has 0 bridgehead atoms. The van der Waals surface area contributed by atoms with Crippen molar-refractivity contribution >= 4 is 33.3 Å². The molecule has 1 aliphatic carbocycles. The first-order valence-electron chi connectivity index (χ1n) is 7.27. The molecule has 1 saturated carbocycles. The summed E-state index contributed by atoms with van der Waals surface area (Å²) in [5.41, 5.74) is 1.18. The minimum absolute atomic E-state index is 0.350. The number of carboxylic acids is 1. The Morgan fingerprint density at radius 3 is 2.86 bits per heavy atom. The fourth-order valence-electron chi connectivity index (χ4n) is 2.90. The number of fused-ring (bicyclic) bond motifs is 1. The second-order valence-electron chi connectivity index (χ2n) is 5.87. The van der Waals surface area contributed by atoms with E-state index in [9.17, 15) is 9.90 Å². The van der Waals surface area contributed by atoms with E-state index in [0.29, 0.717) is 10.3 Å². The molecular formula is C15H19N3O2S. The van der Waals surface area contributed by atoms with E-state index < -0.39 is 5.97 Å².